The van der Waals surface area contributed by atoms with E-state index < -0.39 is 0 Å². The second-order valence-corrected chi connectivity index (χ2v) is 4.78. The molecular formula is C12H13Cl2N7S. The topological polar surface area (TPSA) is 107 Å². The van der Waals surface area contributed by atoms with Crippen LogP contribution in [0.2, 0.25) is 0 Å². The molecule has 0 bridgehead atoms. The van der Waals surface area contributed by atoms with Crippen molar-refractivity contribution < 1.29 is 0 Å². The van der Waals surface area contributed by atoms with Gasteiger partial charge in [0.05, 0.1) is 17.6 Å². The Morgan fingerprint density at radius 1 is 1.23 bits per heavy atom. The molecule has 3 aromatic rings. The number of rotatable bonds is 3. The first-order valence-electron chi connectivity index (χ1n) is 5.73. The SMILES string of the molecule is Cl.Cl.NC(N)=N/N=C/c1c(-c2ccncc2)nc2sccn12. The van der Waals surface area contributed by atoms with E-state index in [-0.39, 0.29) is 30.8 Å². The normalized spacial score (nSPS) is 10.2. The monoisotopic (exact) mass is 357 g/mol. The van der Waals surface area contributed by atoms with Gasteiger partial charge in [-0.25, -0.2) is 4.98 Å². The van der Waals surface area contributed by atoms with Gasteiger partial charge in [0.25, 0.3) is 0 Å². The van der Waals surface area contributed by atoms with Gasteiger partial charge < -0.3 is 11.5 Å². The largest absolute Gasteiger partial charge is 0.369 e. The van der Waals surface area contributed by atoms with Gasteiger partial charge in [-0.05, 0) is 12.1 Å². The third-order valence-corrected chi connectivity index (χ3v) is 3.36. The first kappa shape index (κ1) is 17.9. The summed E-state index contributed by atoms with van der Waals surface area (Å²) in [6, 6.07) is 3.79. The number of imidazole rings is 1. The number of nitrogens with two attached hydrogens (primary N) is 2. The van der Waals surface area contributed by atoms with E-state index in [1.54, 1.807) is 29.9 Å². The summed E-state index contributed by atoms with van der Waals surface area (Å²) in [5.41, 5.74) is 13.1. The third-order valence-electron chi connectivity index (χ3n) is 2.61. The van der Waals surface area contributed by atoms with Crippen LogP contribution >= 0.6 is 36.2 Å². The van der Waals surface area contributed by atoms with Crippen molar-refractivity contribution in [3.05, 3.63) is 41.8 Å². The molecule has 0 fully saturated rings. The molecular weight excluding hydrogens is 345 g/mol. The van der Waals surface area contributed by atoms with Gasteiger partial charge in [0, 0.05) is 29.5 Å². The van der Waals surface area contributed by atoms with Crippen molar-refractivity contribution in [3.8, 4) is 11.3 Å². The van der Waals surface area contributed by atoms with Crippen LogP contribution in [0.5, 0.6) is 0 Å². The van der Waals surface area contributed by atoms with Crippen molar-refractivity contribution in [2.24, 2.45) is 21.7 Å². The highest BCUT2D eigenvalue weighted by molar-refractivity contribution is 7.15. The maximum absolute atomic E-state index is 5.26. The van der Waals surface area contributed by atoms with E-state index in [2.05, 4.69) is 20.2 Å². The highest BCUT2D eigenvalue weighted by Crippen LogP contribution is 2.25. The van der Waals surface area contributed by atoms with Crippen LogP contribution in [0.1, 0.15) is 5.69 Å². The zero-order valence-corrected chi connectivity index (χ0v) is 13.6. The Morgan fingerprint density at radius 3 is 2.64 bits per heavy atom. The van der Waals surface area contributed by atoms with Gasteiger partial charge in [-0.15, -0.1) is 41.3 Å². The average Bonchev–Trinajstić information content (AvgIpc) is 3.01. The molecule has 4 N–H and O–H groups in total. The Kier molecular flexibility index (Phi) is 6.29. The Hall–Kier alpha value is -2.16. The van der Waals surface area contributed by atoms with Gasteiger partial charge in [-0.2, -0.15) is 5.10 Å². The lowest BCUT2D eigenvalue weighted by molar-refractivity contribution is 1.18. The highest BCUT2D eigenvalue weighted by Gasteiger charge is 2.13. The lowest BCUT2D eigenvalue weighted by Gasteiger charge is -1.98. The van der Waals surface area contributed by atoms with E-state index in [1.807, 2.05) is 28.1 Å². The van der Waals surface area contributed by atoms with Gasteiger partial charge >= 0.3 is 0 Å². The van der Waals surface area contributed by atoms with Crippen LogP contribution in [0, 0.1) is 0 Å². The molecule has 0 spiro atoms. The lowest BCUT2D eigenvalue weighted by Crippen LogP contribution is -2.21. The number of hydrogen-bond acceptors (Lipinski definition) is 5. The van der Waals surface area contributed by atoms with Crippen LogP contribution in [0.3, 0.4) is 0 Å². The number of pyridine rings is 1. The number of guanidine groups is 1. The van der Waals surface area contributed by atoms with Crippen LogP contribution in [0.15, 0.2) is 46.3 Å². The van der Waals surface area contributed by atoms with Crippen LogP contribution in [-0.2, 0) is 0 Å². The van der Waals surface area contributed by atoms with Crippen molar-refractivity contribution in [2.75, 3.05) is 0 Å². The summed E-state index contributed by atoms with van der Waals surface area (Å²) >= 11 is 1.55. The predicted molar refractivity (Wildman–Crippen MR) is 94.2 cm³/mol. The summed E-state index contributed by atoms with van der Waals surface area (Å²) in [5, 5.41) is 9.44. The molecule has 116 valence electrons. The molecule has 0 saturated carbocycles. The molecule has 7 nitrogen and oxygen atoms in total. The Labute approximate surface area is 142 Å². The second-order valence-electron chi connectivity index (χ2n) is 3.91. The number of fused-ring (bicyclic) bond motifs is 1. The minimum Gasteiger partial charge on any atom is -0.369 e. The van der Waals surface area contributed by atoms with Crippen molar-refractivity contribution in [2.45, 2.75) is 0 Å². The Morgan fingerprint density at radius 2 is 1.95 bits per heavy atom. The number of aromatic nitrogens is 3. The standard InChI is InChI=1S/C12H11N7S.2ClH/c13-11(14)18-16-7-9-10(8-1-3-15-4-2-8)17-12-19(9)5-6-20-12;;/h1-7H,(H4,13,14,18);2*1H/b16-7+;;. The molecule has 3 heterocycles. The summed E-state index contributed by atoms with van der Waals surface area (Å²) in [4.78, 5) is 9.48. The fraction of sp³-hybridized carbons (Fsp3) is 0. The van der Waals surface area contributed by atoms with Crippen LogP contribution in [0.4, 0.5) is 0 Å². The van der Waals surface area contributed by atoms with Crippen molar-refractivity contribution in [3.63, 3.8) is 0 Å². The smallest absolute Gasteiger partial charge is 0.211 e. The molecule has 0 amide bonds. The van der Waals surface area contributed by atoms with E-state index in [4.69, 9.17) is 11.5 Å². The molecule has 10 heteroatoms. The fourth-order valence-corrected chi connectivity index (χ4v) is 2.52. The second kappa shape index (κ2) is 7.74. The first-order valence-corrected chi connectivity index (χ1v) is 6.61. The molecule has 0 saturated heterocycles. The summed E-state index contributed by atoms with van der Waals surface area (Å²) in [6.07, 6.45) is 6.95. The van der Waals surface area contributed by atoms with Crippen LogP contribution in [0.25, 0.3) is 16.2 Å². The molecule has 22 heavy (non-hydrogen) atoms. The quantitative estimate of drug-likeness (QED) is 0.424. The minimum atomic E-state index is -0.0854. The molecule has 0 atom stereocenters. The van der Waals surface area contributed by atoms with Gasteiger partial charge in [-0.1, -0.05) is 0 Å². The highest BCUT2D eigenvalue weighted by atomic mass is 35.5. The van der Waals surface area contributed by atoms with E-state index in [1.165, 1.54) is 0 Å². The molecule has 3 aromatic heterocycles. The molecule has 0 aromatic carbocycles. The molecule has 3 rings (SSSR count). The molecule has 0 unspecified atom stereocenters. The molecule has 0 aliphatic heterocycles. The average molecular weight is 358 g/mol. The Bertz CT molecular complexity index is 790. The maximum Gasteiger partial charge on any atom is 0.211 e. The van der Waals surface area contributed by atoms with Crippen LogP contribution < -0.4 is 11.5 Å². The van der Waals surface area contributed by atoms with E-state index in [0.29, 0.717) is 0 Å². The van der Waals surface area contributed by atoms with Crippen LogP contribution in [-0.4, -0.2) is 26.5 Å². The number of thiazole rings is 1. The third kappa shape index (κ3) is 3.53. The van der Waals surface area contributed by atoms with Crippen molar-refractivity contribution in [1.82, 2.24) is 14.4 Å². The van der Waals surface area contributed by atoms with Gasteiger partial charge in [0.15, 0.2) is 4.96 Å². The summed E-state index contributed by atoms with van der Waals surface area (Å²) < 4.78 is 1.94. The number of nitrogens with zero attached hydrogens (tertiary/aromatic N) is 5. The predicted octanol–water partition coefficient (Wildman–Crippen LogP) is 1.91. The fourth-order valence-electron chi connectivity index (χ4n) is 1.80. The number of halogens is 2. The Balaban J connectivity index is 0.00000121. The van der Waals surface area contributed by atoms with Gasteiger partial charge in [0.1, 0.15) is 0 Å². The summed E-state index contributed by atoms with van der Waals surface area (Å²) in [6.45, 7) is 0. The zero-order chi connectivity index (χ0) is 13.9. The summed E-state index contributed by atoms with van der Waals surface area (Å²) in [7, 11) is 0. The van der Waals surface area contributed by atoms with Gasteiger partial charge in [0.2, 0.25) is 5.96 Å². The van der Waals surface area contributed by atoms with Crippen molar-refractivity contribution >= 4 is 53.3 Å². The summed E-state index contributed by atoms with van der Waals surface area (Å²) in [5.74, 6) is -0.0854. The molecule has 0 aliphatic rings. The van der Waals surface area contributed by atoms with Gasteiger partial charge in [-0.3, -0.25) is 9.38 Å². The molecule has 0 aliphatic carbocycles. The zero-order valence-electron chi connectivity index (χ0n) is 11.2. The van der Waals surface area contributed by atoms with E-state index in [9.17, 15) is 0 Å². The van der Waals surface area contributed by atoms with E-state index >= 15 is 0 Å². The maximum atomic E-state index is 5.26. The first-order chi connectivity index (χ1) is 9.75. The van der Waals surface area contributed by atoms with Crippen molar-refractivity contribution in [1.29, 1.82) is 0 Å². The minimum absolute atomic E-state index is 0. The van der Waals surface area contributed by atoms with E-state index in [0.717, 1.165) is 21.9 Å². The lowest BCUT2D eigenvalue weighted by atomic mass is 10.1. The number of hydrogen-bond donors (Lipinski definition) is 2. The molecule has 0 radical (unpaired) electrons.